The summed E-state index contributed by atoms with van der Waals surface area (Å²) in [6.07, 6.45) is 2.88. The third-order valence-corrected chi connectivity index (χ3v) is 2.85. The van der Waals surface area contributed by atoms with Crippen molar-refractivity contribution in [2.75, 3.05) is 12.8 Å². The number of nitrogen functional groups attached to an aromatic ring is 1. The normalized spacial score (nSPS) is 10.8. The molecule has 0 fully saturated rings. The lowest BCUT2D eigenvalue weighted by atomic mass is 10.1. The minimum Gasteiger partial charge on any atom is -0.466 e. The topological polar surface area (TPSA) is 65.5 Å². The smallest absolute Gasteiger partial charge is 0.330 e. The Balaban J connectivity index is 2.28. The summed E-state index contributed by atoms with van der Waals surface area (Å²) in [6.45, 7) is 1.94. The zero-order chi connectivity index (χ0) is 13.8. The van der Waals surface area contributed by atoms with Crippen LogP contribution in [0.5, 0.6) is 0 Å². The number of carbonyl (C=O) groups is 1. The van der Waals surface area contributed by atoms with E-state index in [-0.39, 0.29) is 0 Å². The summed E-state index contributed by atoms with van der Waals surface area (Å²) in [5, 5.41) is 0. The fraction of sp³-hybridized carbons (Fsp3) is 0.133. The molecule has 0 saturated carbocycles. The summed E-state index contributed by atoms with van der Waals surface area (Å²) >= 11 is 0. The number of hydrogen-bond acceptors (Lipinski definition) is 4. The first-order chi connectivity index (χ1) is 9.11. The van der Waals surface area contributed by atoms with Gasteiger partial charge in [0, 0.05) is 17.3 Å². The van der Waals surface area contributed by atoms with E-state index in [9.17, 15) is 4.79 Å². The number of anilines is 1. The Kier molecular flexibility index (Phi) is 3.71. The maximum absolute atomic E-state index is 11.0. The van der Waals surface area contributed by atoms with Crippen molar-refractivity contribution in [1.29, 1.82) is 0 Å². The molecule has 4 heteroatoms. The first kappa shape index (κ1) is 13.0. The maximum Gasteiger partial charge on any atom is 0.330 e. The molecular formula is C15H15NO3. The van der Waals surface area contributed by atoms with Crippen LogP contribution in [0.2, 0.25) is 0 Å². The van der Waals surface area contributed by atoms with Gasteiger partial charge in [0.25, 0.3) is 0 Å². The van der Waals surface area contributed by atoms with Crippen molar-refractivity contribution in [3.8, 4) is 11.3 Å². The van der Waals surface area contributed by atoms with Crippen molar-refractivity contribution >= 4 is 17.7 Å². The highest BCUT2D eigenvalue weighted by atomic mass is 16.5. The molecule has 0 saturated heterocycles. The molecule has 98 valence electrons. The fourth-order valence-corrected chi connectivity index (χ4v) is 1.73. The van der Waals surface area contributed by atoms with Crippen LogP contribution in [0, 0.1) is 6.92 Å². The Morgan fingerprint density at radius 2 is 2.11 bits per heavy atom. The van der Waals surface area contributed by atoms with Crippen LogP contribution in [0.1, 0.15) is 11.3 Å². The third kappa shape index (κ3) is 2.85. The molecule has 0 radical (unpaired) electrons. The summed E-state index contributed by atoms with van der Waals surface area (Å²) in [5.74, 6) is 0.884. The molecule has 0 aliphatic rings. The van der Waals surface area contributed by atoms with Gasteiger partial charge >= 0.3 is 5.97 Å². The number of esters is 1. The van der Waals surface area contributed by atoms with Gasteiger partial charge in [0.05, 0.1) is 7.11 Å². The molecule has 1 heterocycles. The van der Waals surface area contributed by atoms with E-state index >= 15 is 0 Å². The van der Waals surface area contributed by atoms with Gasteiger partial charge in [-0.1, -0.05) is 12.1 Å². The molecule has 0 bridgehead atoms. The molecule has 1 aromatic heterocycles. The molecule has 1 aromatic carbocycles. The zero-order valence-corrected chi connectivity index (χ0v) is 10.8. The Hall–Kier alpha value is -2.49. The van der Waals surface area contributed by atoms with Gasteiger partial charge in [-0.25, -0.2) is 4.79 Å². The number of furan rings is 1. The van der Waals surface area contributed by atoms with E-state index in [1.54, 1.807) is 12.1 Å². The van der Waals surface area contributed by atoms with Crippen LogP contribution in [0.3, 0.4) is 0 Å². The van der Waals surface area contributed by atoms with E-state index in [0.717, 1.165) is 16.8 Å². The summed E-state index contributed by atoms with van der Waals surface area (Å²) < 4.78 is 10.2. The number of rotatable bonds is 3. The second kappa shape index (κ2) is 5.44. The van der Waals surface area contributed by atoms with Gasteiger partial charge in [0.2, 0.25) is 0 Å². The van der Waals surface area contributed by atoms with Crippen molar-refractivity contribution in [3.05, 3.63) is 47.7 Å². The Morgan fingerprint density at radius 3 is 2.84 bits per heavy atom. The van der Waals surface area contributed by atoms with Crippen molar-refractivity contribution in [1.82, 2.24) is 0 Å². The lowest BCUT2D eigenvalue weighted by Crippen LogP contribution is -1.92. The second-order valence-electron chi connectivity index (χ2n) is 4.08. The fourth-order valence-electron chi connectivity index (χ4n) is 1.73. The number of hydrogen-bond donors (Lipinski definition) is 1. The molecule has 0 amide bonds. The molecule has 0 spiro atoms. The van der Waals surface area contributed by atoms with Gasteiger partial charge < -0.3 is 14.9 Å². The molecule has 0 aliphatic carbocycles. The van der Waals surface area contributed by atoms with Gasteiger partial charge in [-0.05, 0) is 36.8 Å². The third-order valence-electron chi connectivity index (χ3n) is 2.85. The number of methoxy groups -OCH3 is 1. The van der Waals surface area contributed by atoms with E-state index in [2.05, 4.69) is 4.74 Å². The van der Waals surface area contributed by atoms with Crippen molar-refractivity contribution in [2.24, 2.45) is 0 Å². The predicted molar refractivity (Wildman–Crippen MR) is 74.3 cm³/mol. The number of nitrogens with two attached hydrogens (primary N) is 1. The highest BCUT2D eigenvalue weighted by molar-refractivity contribution is 5.86. The quantitative estimate of drug-likeness (QED) is 0.521. The van der Waals surface area contributed by atoms with E-state index in [0.29, 0.717) is 11.5 Å². The molecule has 2 N–H and O–H groups in total. The maximum atomic E-state index is 11.0. The number of ether oxygens (including phenoxy) is 1. The average Bonchev–Trinajstić information content (AvgIpc) is 2.87. The van der Waals surface area contributed by atoms with Crippen molar-refractivity contribution in [3.63, 3.8) is 0 Å². The average molecular weight is 257 g/mol. The minimum atomic E-state index is -0.418. The summed E-state index contributed by atoms with van der Waals surface area (Å²) in [4.78, 5) is 11.0. The zero-order valence-electron chi connectivity index (χ0n) is 10.8. The molecular weight excluding hydrogens is 242 g/mol. The highest BCUT2D eigenvalue weighted by Crippen LogP contribution is 2.28. The van der Waals surface area contributed by atoms with E-state index < -0.39 is 5.97 Å². The van der Waals surface area contributed by atoms with Gasteiger partial charge in [-0.2, -0.15) is 0 Å². The van der Waals surface area contributed by atoms with Crippen molar-refractivity contribution < 1.29 is 13.9 Å². The second-order valence-corrected chi connectivity index (χ2v) is 4.08. The Morgan fingerprint density at radius 1 is 1.32 bits per heavy atom. The van der Waals surface area contributed by atoms with Crippen LogP contribution in [0.15, 0.2) is 40.8 Å². The largest absolute Gasteiger partial charge is 0.466 e. The molecule has 0 atom stereocenters. The van der Waals surface area contributed by atoms with Gasteiger partial charge in [0.15, 0.2) is 0 Å². The van der Waals surface area contributed by atoms with Crippen molar-refractivity contribution in [2.45, 2.75) is 6.92 Å². The number of carbonyl (C=O) groups excluding carboxylic acids is 1. The van der Waals surface area contributed by atoms with E-state index in [4.69, 9.17) is 10.2 Å². The van der Waals surface area contributed by atoms with E-state index in [1.807, 2.05) is 31.2 Å². The highest BCUT2D eigenvalue weighted by Gasteiger charge is 2.08. The molecule has 0 aliphatic heterocycles. The van der Waals surface area contributed by atoms with Gasteiger partial charge in [0.1, 0.15) is 11.5 Å². The SMILES string of the molecule is COC(=O)/C=C/c1ccc(-c2cccc(N)c2C)o1. The van der Waals surface area contributed by atoms with Crippen LogP contribution in [-0.2, 0) is 9.53 Å². The summed E-state index contributed by atoms with van der Waals surface area (Å²) in [5.41, 5.74) is 8.50. The van der Waals surface area contributed by atoms with Gasteiger partial charge in [-0.3, -0.25) is 0 Å². The molecule has 0 unspecified atom stereocenters. The van der Waals surface area contributed by atoms with Crippen LogP contribution in [0.4, 0.5) is 5.69 Å². The summed E-state index contributed by atoms with van der Waals surface area (Å²) in [6, 6.07) is 9.30. The van der Waals surface area contributed by atoms with E-state index in [1.165, 1.54) is 13.2 Å². The Bertz CT molecular complexity index is 626. The lowest BCUT2D eigenvalue weighted by Gasteiger charge is -2.05. The minimum absolute atomic E-state index is 0.418. The Labute approximate surface area is 111 Å². The first-order valence-electron chi connectivity index (χ1n) is 5.83. The molecule has 19 heavy (non-hydrogen) atoms. The van der Waals surface area contributed by atoms with Crippen LogP contribution in [-0.4, -0.2) is 13.1 Å². The molecule has 4 nitrogen and oxygen atoms in total. The van der Waals surface area contributed by atoms with Crippen LogP contribution in [0.25, 0.3) is 17.4 Å². The monoisotopic (exact) mass is 257 g/mol. The predicted octanol–water partition coefficient (Wildman–Crippen LogP) is 3.02. The van der Waals surface area contributed by atoms with Gasteiger partial charge in [-0.15, -0.1) is 0 Å². The lowest BCUT2D eigenvalue weighted by molar-refractivity contribution is -0.134. The molecule has 2 aromatic rings. The first-order valence-corrected chi connectivity index (χ1v) is 5.83. The van der Waals surface area contributed by atoms with Crippen LogP contribution >= 0.6 is 0 Å². The molecule has 2 rings (SSSR count). The standard InChI is InChI=1S/C15H15NO3/c1-10-12(4-3-5-13(10)16)14-8-6-11(19-14)7-9-15(17)18-2/h3-9H,16H2,1-2H3/b9-7+. The summed E-state index contributed by atoms with van der Waals surface area (Å²) in [7, 11) is 1.33. The number of benzene rings is 1. The van der Waals surface area contributed by atoms with Crippen LogP contribution < -0.4 is 5.73 Å².